The number of carbonyl (C=O) groups is 3. The second kappa shape index (κ2) is 11.9. The Morgan fingerprint density at radius 3 is 2.45 bits per heavy atom. The molecule has 8 heteroatoms. The van der Waals surface area contributed by atoms with Crippen molar-refractivity contribution in [2.45, 2.75) is 25.0 Å². The van der Waals surface area contributed by atoms with Crippen LogP contribution in [0.1, 0.15) is 40.4 Å². The number of aldehydes is 1. The van der Waals surface area contributed by atoms with Gasteiger partial charge in [0, 0.05) is 17.8 Å². The van der Waals surface area contributed by atoms with E-state index in [1.54, 1.807) is 30.3 Å². The van der Waals surface area contributed by atoms with Gasteiger partial charge in [-0.2, -0.15) is 0 Å². The maximum Gasteiger partial charge on any atom is 0.408 e. The number of hydrogen-bond donors (Lipinski definition) is 2. The number of nitrogens with one attached hydrogen (secondary N) is 2. The lowest BCUT2D eigenvalue weighted by atomic mass is 9.86. The van der Waals surface area contributed by atoms with Gasteiger partial charge >= 0.3 is 6.09 Å². The van der Waals surface area contributed by atoms with Crippen LogP contribution in [0.2, 0.25) is 0 Å². The van der Waals surface area contributed by atoms with Gasteiger partial charge in [0.15, 0.2) is 6.61 Å². The molecule has 3 aliphatic rings. The van der Waals surface area contributed by atoms with Crippen molar-refractivity contribution >= 4 is 24.0 Å². The summed E-state index contributed by atoms with van der Waals surface area (Å²) in [4.78, 5) is 38.7. The molecule has 2 amide bonds. The zero-order chi connectivity index (χ0) is 26.3. The van der Waals surface area contributed by atoms with E-state index < -0.39 is 12.1 Å². The summed E-state index contributed by atoms with van der Waals surface area (Å²) in [6.07, 6.45) is 2.32. The average Bonchev–Trinajstić information content (AvgIpc) is 2.96. The van der Waals surface area contributed by atoms with Crippen molar-refractivity contribution in [2.24, 2.45) is 5.92 Å². The molecule has 2 atom stereocenters. The maximum absolute atomic E-state index is 13.0. The summed E-state index contributed by atoms with van der Waals surface area (Å²) < 4.78 is 11.6. The number of anilines is 1. The van der Waals surface area contributed by atoms with E-state index >= 15 is 0 Å². The van der Waals surface area contributed by atoms with Gasteiger partial charge in [-0.15, -0.1) is 0 Å². The van der Waals surface area contributed by atoms with Gasteiger partial charge in [0.05, 0.1) is 6.04 Å². The Morgan fingerprint density at radius 2 is 1.71 bits per heavy atom. The van der Waals surface area contributed by atoms with Gasteiger partial charge in [-0.1, -0.05) is 54.6 Å². The number of ether oxygens (including phenoxy) is 2. The van der Waals surface area contributed by atoms with Crippen LogP contribution in [0.5, 0.6) is 5.75 Å². The fourth-order valence-corrected chi connectivity index (χ4v) is 5.16. The first-order valence-corrected chi connectivity index (χ1v) is 12.9. The fraction of sp³-hybridized carbons (Fsp3) is 0.300. The number of benzene rings is 3. The lowest BCUT2D eigenvalue weighted by molar-refractivity contribution is -0.118. The first-order chi connectivity index (χ1) is 18.6. The van der Waals surface area contributed by atoms with E-state index in [4.69, 9.17) is 9.47 Å². The quantitative estimate of drug-likeness (QED) is 0.411. The predicted octanol–water partition coefficient (Wildman–Crippen LogP) is 4.43. The second-order valence-electron chi connectivity index (χ2n) is 9.72. The Hall–Kier alpha value is -4.17. The molecule has 8 nitrogen and oxygen atoms in total. The highest BCUT2D eigenvalue weighted by molar-refractivity contribution is 5.92. The first kappa shape index (κ1) is 25.5. The van der Waals surface area contributed by atoms with Crippen LogP contribution >= 0.6 is 0 Å². The summed E-state index contributed by atoms with van der Waals surface area (Å²) in [7, 11) is 0. The molecule has 0 unspecified atom stereocenters. The largest absolute Gasteiger partial charge is 0.484 e. The predicted molar refractivity (Wildman–Crippen MR) is 143 cm³/mol. The van der Waals surface area contributed by atoms with Gasteiger partial charge in [0.1, 0.15) is 18.1 Å². The molecule has 2 bridgehead atoms. The van der Waals surface area contributed by atoms with E-state index in [1.165, 1.54) is 0 Å². The molecule has 3 aromatic rings. The highest BCUT2D eigenvalue weighted by Gasteiger charge is 2.36. The maximum atomic E-state index is 13.0. The highest BCUT2D eigenvalue weighted by atomic mass is 16.6. The third-order valence-electron chi connectivity index (χ3n) is 7.12. The van der Waals surface area contributed by atoms with Crippen molar-refractivity contribution in [3.05, 3.63) is 95.6 Å². The van der Waals surface area contributed by atoms with Crippen molar-refractivity contribution in [1.29, 1.82) is 0 Å². The van der Waals surface area contributed by atoms with Crippen molar-refractivity contribution in [2.75, 3.05) is 31.6 Å². The second-order valence-corrected chi connectivity index (χ2v) is 9.72. The van der Waals surface area contributed by atoms with Crippen molar-refractivity contribution in [3.63, 3.8) is 0 Å². The van der Waals surface area contributed by atoms with Crippen molar-refractivity contribution in [1.82, 2.24) is 10.2 Å². The number of carbonyl (C=O) groups excluding carboxylic acids is 3. The lowest BCUT2D eigenvalue weighted by Crippen LogP contribution is -2.52. The van der Waals surface area contributed by atoms with E-state index in [-0.39, 0.29) is 18.6 Å². The number of amides is 2. The van der Waals surface area contributed by atoms with Gasteiger partial charge < -0.3 is 20.1 Å². The molecule has 0 radical (unpaired) electrons. The normalized spacial score (nSPS) is 20.7. The van der Waals surface area contributed by atoms with Crippen LogP contribution in [0.25, 0.3) is 0 Å². The molecule has 3 fully saturated rings. The Labute approximate surface area is 221 Å². The van der Waals surface area contributed by atoms with E-state index in [0.29, 0.717) is 22.9 Å². The van der Waals surface area contributed by atoms with Crippen LogP contribution < -0.4 is 15.4 Å². The van der Waals surface area contributed by atoms with E-state index in [9.17, 15) is 14.4 Å². The van der Waals surface area contributed by atoms with Gasteiger partial charge in [0.2, 0.25) is 0 Å². The van der Waals surface area contributed by atoms with Crippen molar-refractivity contribution in [3.8, 4) is 5.75 Å². The fourth-order valence-electron chi connectivity index (χ4n) is 5.16. The van der Waals surface area contributed by atoms with E-state index in [0.717, 1.165) is 49.9 Å². The number of hydrogen-bond acceptors (Lipinski definition) is 6. The molecule has 3 heterocycles. The third-order valence-corrected chi connectivity index (χ3v) is 7.12. The number of alkyl carbamates (subject to hydrolysis) is 1. The zero-order valence-electron chi connectivity index (χ0n) is 21.0. The van der Waals surface area contributed by atoms with Crippen LogP contribution in [0.4, 0.5) is 10.5 Å². The molecule has 196 valence electrons. The summed E-state index contributed by atoms with van der Waals surface area (Å²) in [5.41, 5.74) is 2.71. The van der Waals surface area contributed by atoms with Gasteiger partial charge in [-0.25, -0.2) is 4.79 Å². The molecule has 6 rings (SSSR count). The molecule has 0 saturated carbocycles. The third kappa shape index (κ3) is 6.39. The SMILES string of the molecule is O=Cc1cccc(NC(=O)COc2cccc([C@@H](NC(=O)O[C@H]3CN4CCC3CC4)c3ccccc3)c2)c1. The molecule has 0 aliphatic carbocycles. The first-order valence-electron chi connectivity index (χ1n) is 12.9. The van der Waals surface area contributed by atoms with Gasteiger partial charge in [-0.05, 0) is 67.2 Å². The molecule has 0 spiro atoms. The molecule has 3 aromatic carbocycles. The molecular weight excluding hydrogens is 482 g/mol. The number of fused-ring (bicyclic) bond motifs is 3. The monoisotopic (exact) mass is 513 g/mol. The Balaban J connectivity index is 1.25. The van der Waals surface area contributed by atoms with E-state index in [2.05, 4.69) is 15.5 Å². The summed E-state index contributed by atoms with van der Waals surface area (Å²) in [5, 5.41) is 5.78. The zero-order valence-corrected chi connectivity index (χ0v) is 21.0. The Kier molecular flexibility index (Phi) is 7.99. The molecular formula is C30H31N3O5. The van der Waals surface area contributed by atoms with Gasteiger partial charge in [-0.3, -0.25) is 14.5 Å². The van der Waals surface area contributed by atoms with Crippen LogP contribution in [0.15, 0.2) is 78.9 Å². The molecule has 38 heavy (non-hydrogen) atoms. The van der Waals surface area contributed by atoms with Crippen LogP contribution in [-0.2, 0) is 9.53 Å². The molecule has 2 N–H and O–H groups in total. The smallest absolute Gasteiger partial charge is 0.408 e. The topological polar surface area (TPSA) is 97.0 Å². The summed E-state index contributed by atoms with van der Waals surface area (Å²) in [5.74, 6) is 0.565. The minimum Gasteiger partial charge on any atom is -0.484 e. The molecule has 0 aromatic heterocycles. The minimum absolute atomic E-state index is 0.0886. The summed E-state index contributed by atoms with van der Waals surface area (Å²) >= 11 is 0. The van der Waals surface area contributed by atoms with Crippen LogP contribution in [-0.4, -0.2) is 55.5 Å². The standard InChI is InChI=1S/C30H31N3O5/c34-19-21-6-4-10-25(16-21)31-28(35)20-37-26-11-5-9-24(17-26)29(23-7-2-1-3-8-23)32-30(36)38-27-18-33-14-12-22(27)13-15-33/h1-11,16-17,19,22,27,29H,12-15,18,20H2,(H,31,35)(H,32,36)/t27-,29-/m0/s1. The number of rotatable bonds is 9. The highest BCUT2D eigenvalue weighted by Crippen LogP contribution is 2.30. The molecule has 3 aliphatic heterocycles. The van der Waals surface area contributed by atoms with E-state index in [1.807, 2.05) is 48.5 Å². The van der Waals surface area contributed by atoms with Crippen LogP contribution in [0, 0.1) is 5.92 Å². The number of piperidine rings is 3. The lowest BCUT2D eigenvalue weighted by Gasteiger charge is -2.43. The van der Waals surface area contributed by atoms with Crippen LogP contribution in [0.3, 0.4) is 0 Å². The Bertz CT molecular complexity index is 1270. The summed E-state index contributed by atoms with van der Waals surface area (Å²) in [6, 6.07) is 23.2. The van der Waals surface area contributed by atoms with Gasteiger partial charge in [0.25, 0.3) is 5.91 Å². The minimum atomic E-state index is -0.451. The number of nitrogens with zero attached hydrogens (tertiary/aromatic N) is 1. The molecule has 3 saturated heterocycles. The average molecular weight is 514 g/mol. The summed E-state index contributed by atoms with van der Waals surface area (Å²) in [6.45, 7) is 2.74. The Morgan fingerprint density at radius 1 is 0.947 bits per heavy atom. The van der Waals surface area contributed by atoms with Crippen molar-refractivity contribution < 1.29 is 23.9 Å².